The van der Waals surface area contributed by atoms with Gasteiger partial charge in [0.05, 0.1) is 71.7 Å². The molecule has 0 aromatic carbocycles. The van der Waals surface area contributed by atoms with Gasteiger partial charge in [0.15, 0.2) is 0 Å². The number of carboxylic acid groups (broad SMARTS) is 1. The molecule has 0 fully saturated rings. The van der Waals surface area contributed by atoms with Gasteiger partial charge in [0.1, 0.15) is 6.04 Å². The number of nitrogens with one attached hydrogen (secondary N) is 3. The van der Waals surface area contributed by atoms with Crippen molar-refractivity contribution < 1.29 is 52.1 Å². The van der Waals surface area contributed by atoms with Crippen LogP contribution in [0.15, 0.2) is 0 Å². The monoisotopic (exact) mass is 898 g/mol. The Kier molecular flexibility index (Phi) is 41.8. The fraction of sp³-hybridized carbons (Fsp3) is 0.932. The van der Waals surface area contributed by atoms with E-state index in [4.69, 9.17) is 28.0 Å². The van der Waals surface area contributed by atoms with E-state index in [1.807, 2.05) is 0 Å². The molecular formula is C44H88N3O11PS. The average Bonchev–Trinajstić information content (AvgIpc) is 3.20. The lowest BCUT2D eigenvalue weighted by Gasteiger charge is -2.22. The molecule has 0 bridgehead atoms. The van der Waals surface area contributed by atoms with Gasteiger partial charge in [-0.15, -0.1) is 0 Å². The zero-order valence-electron chi connectivity index (χ0n) is 38.5. The Morgan fingerprint density at radius 3 is 1.58 bits per heavy atom. The molecule has 0 unspecified atom stereocenters. The second-order valence-corrected chi connectivity index (χ2v) is 18.8. The molecule has 0 aromatic rings. The highest BCUT2D eigenvalue weighted by molar-refractivity contribution is 7.99. The third-order valence-electron chi connectivity index (χ3n) is 9.71. The minimum atomic E-state index is -3.13. The van der Waals surface area contributed by atoms with Gasteiger partial charge in [-0.1, -0.05) is 123 Å². The van der Waals surface area contributed by atoms with Gasteiger partial charge in [-0.05, 0) is 33.6 Å². The quantitative estimate of drug-likeness (QED) is 0.0336. The molecule has 4 N–H and O–H groups in total. The van der Waals surface area contributed by atoms with Crippen LogP contribution in [0.1, 0.15) is 163 Å². The van der Waals surface area contributed by atoms with Crippen molar-refractivity contribution in [3.8, 4) is 0 Å². The lowest BCUT2D eigenvalue weighted by atomic mass is 10.1. The molecule has 3 amide bonds. The first-order chi connectivity index (χ1) is 29.1. The Morgan fingerprint density at radius 1 is 0.567 bits per heavy atom. The zero-order valence-corrected chi connectivity index (χ0v) is 40.2. The van der Waals surface area contributed by atoms with Crippen LogP contribution in [0.5, 0.6) is 0 Å². The van der Waals surface area contributed by atoms with E-state index in [0.717, 1.165) is 32.1 Å². The van der Waals surface area contributed by atoms with Gasteiger partial charge in [-0.25, -0.2) is 4.79 Å². The maximum Gasteiger partial charge on any atom is 0.405 e. The van der Waals surface area contributed by atoms with Gasteiger partial charge in [-0.2, -0.15) is 11.8 Å². The molecule has 3 atom stereocenters. The summed E-state index contributed by atoms with van der Waals surface area (Å²) < 4.78 is 45.6. The van der Waals surface area contributed by atoms with Crippen LogP contribution in [0.4, 0.5) is 4.79 Å². The fourth-order valence-electron chi connectivity index (χ4n) is 6.43. The van der Waals surface area contributed by atoms with Gasteiger partial charge < -0.3 is 49.1 Å². The Balaban J connectivity index is 4.69. The minimum absolute atomic E-state index is 0.000334. The third kappa shape index (κ3) is 38.2. The van der Waals surface area contributed by atoms with E-state index < -0.39 is 25.6 Å². The van der Waals surface area contributed by atoms with E-state index in [2.05, 4.69) is 29.8 Å². The molecule has 356 valence electrons. The second kappa shape index (κ2) is 42.8. The summed E-state index contributed by atoms with van der Waals surface area (Å²) in [4.78, 5) is 37.7. The maximum absolute atomic E-state index is 13.1. The summed E-state index contributed by atoms with van der Waals surface area (Å²) in [5.41, 5.74) is 0. The molecular weight excluding hydrogens is 810 g/mol. The number of hydrogen-bond donors (Lipinski definition) is 4. The maximum atomic E-state index is 13.1. The van der Waals surface area contributed by atoms with E-state index in [-0.39, 0.29) is 43.1 Å². The van der Waals surface area contributed by atoms with Crippen LogP contribution in [-0.2, 0) is 42.1 Å². The molecule has 14 nitrogen and oxygen atoms in total. The number of carbonyl (C=O) groups excluding carboxylic acids is 2. The van der Waals surface area contributed by atoms with Gasteiger partial charge in [0, 0.05) is 30.6 Å². The number of rotatable bonds is 46. The second-order valence-electron chi connectivity index (χ2n) is 15.5. The molecule has 0 aliphatic carbocycles. The van der Waals surface area contributed by atoms with Crippen LogP contribution in [0, 0.1) is 0 Å². The summed E-state index contributed by atoms with van der Waals surface area (Å²) in [6, 6.07) is -1.61. The van der Waals surface area contributed by atoms with Crippen LogP contribution in [0.3, 0.4) is 0 Å². The normalized spacial score (nSPS) is 13.2. The first kappa shape index (κ1) is 58.6. The molecule has 0 saturated carbocycles. The Bertz CT molecular complexity index is 1050. The van der Waals surface area contributed by atoms with E-state index >= 15 is 0 Å². The molecule has 60 heavy (non-hydrogen) atoms. The highest BCUT2D eigenvalue weighted by Gasteiger charge is 2.24. The van der Waals surface area contributed by atoms with Crippen molar-refractivity contribution in [1.82, 2.24) is 16.0 Å². The first-order valence-corrected chi connectivity index (χ1v) is 26.3. The molecule has 0 aliphatic rings. The predicted molar refractivity (Wildman–Crippen MR) is 244 cm³/mol. The molecule has 0 aromatic heterocycles. The molecule has 0 saturated heterocycles. The standard InChI is InChI=1S/C44H88N3O11PS/c1-6-10-12-14-16-18-20-22-24-26-28-55-36-40(46-42(48)27-25-23-21-19-17-15-13-11-7-2)37-60-38-41(47-44(50)51)43(49)45-39(5)35-56-32-31-53-29-30-54-33-34-59(52,57-8-3)58-9-4/h39-41,47H,6-38H2,1-5H3,(H,45,49)(H,46,48)(H,50,51)/t39-,40+,41-/m0/s1. The first-order valence-electron chi connectivity index (χ1n) is 23.5. The van der Waals surface area contributed by atoms with E-state index in [1.165, 1.54) is 102 Å². The summed E-state index contributed by atoms with van der Waals surface area (Å²) >= 11 is 1.41. The summed E-state index contributed by atoms with van der Waals surface area (Å²) in [5, 5.41) is 17.8. The molecule has 16 heteroatoms. The van der Waals surface area contributed by atoms with Crippen molar-refractivity contribution in [3.63, 3.8) is 0 Å². The molecule has 0 aliphatic heterocycles. The Labute approximate surface area is 369 Å². The minimum Gasteiger partial charge on any atom is -0.465 e. The van der Waals surface area contributed by atoms with Gasteiger partial charge in [-0.3, -0.25) is 14.2 Å². The van der Waals surface area contributed by atoms with Crippen molar-refractivity contribution in [2.24, 2.45) is 0 Å². The summed E-state index contributed by atoms with van der Waals surface area (Å²) in [6.07, 6.45) is 22.5. The number of amides is 3. The average molecular weight is 898 g/mol. The lowest BCUT2D eigenvalue weighted by molar-refractivity contribution is -0.124. The number of thioether (sulfide) groups is 1. The highest BCUT2D eigenvalue weighted by atomic mass is 32.2. The van der Waals surface area contributed by atoms with Crippen molar-refractivity contribution in [2.75, 3.05) is 83.7 Å². The van der Waals surface area contributed by atoms with Crippen molar-refractivity contribution in [1.29, 1.82) is 0 Å². The molecule has 0 spiro atoms. The summed E-state index contributed by atoms with van der Waals surface area (Å²) in [5.74, 6) is 0.230. The van der Waals surface area contributed by atoms with Crippen LogP contribution >= 0.6 is 19.4 Å². The van der Waals surface area contributed by atoms with Gasteiger partial charge in [0.2, 0.25) is 11.8 Å². The van der Waals surface area contributed by atoms with Crippen molar-refractivity contribution in [2.45, 2.75) is 181 Å². The summed E-state index contributed by atoms with van der Waals surface area (Å²) in [6.45, 7) is 13.1. The predicted octanol–water partition coefficient (Wildman–Crippen LogP) is 9.52. The highest BCUT2D eigenvalue weighted by Crippen LogP contribution is 2.47. The number of hydrogen-bond acceptors (Lipinski definition) is 11. The van der Waals surface area contributed by atoms with Crippen molar-refractivity contribution in [3.05, 3.63) is 0 Å². The van der Waals surface area contributed by atoms with Crippen LogP contribution in [0.2, 0.25) is 0 Å². The Morgan fingerprint density at radius 2 is 1.05 bits per heavy atom. The Hall–Kier alpha value is -1.45. The van der Waals surface area contributed by atoms with E-state index in [1.54, 1.807) is 20.8 Å². The smallest absolute Gasteiger partial charge is 0.405 e. The molecule has 0 radical (unpaired) electrons. The largest absolute Gasteiger partial charge is 0.465 e. The number of unbranched alkanes of at least 4 members (excludes halogenated alkanes) is 17. The van der Waals surface area contributed by atoms with E-state index in [0.29, 0.717) is 65.0 Å². The van der Waals surface area contributed by atoms with Crippen molar-refractivity contribution >= 4 is 37.3 Å². The SMILES string of the molecule is CCCCCCCCCCCCOC[C@H](CSC[C@H](NC(=O)O)C(=O)N[C@@H](C)COCCOCCOCCP(=O)(OCC)OCC)NC(=O)CCCCCCCCCCC. The fourth-order valence-corrected chi connectivity index (χ4v) is 8.97. The van der Waals surface area contributed by atoms with Gasteiger partial charge in [0.25, 0.3) is 0 Å². The molecule has 0 heterocycles. The number of carbonyl (C=O) groups is 3. The van der Waals surface area contributed by atoms with Gasteiger partial charge >= 0.3 is 13.7 Å². The topological polar surface area (TPSA) is 180 Å². The third-order valence-corrected chi connectivity index (χ3v) is 13.0. The lowest BCUT2D eigenvalue weighted by Crippen LogP contribution is -2.51. The summed E-state index contributed by atoms with van der Waals surface area (Å²) in [7, 11) is -3.13. The van der Waals surface area contributed by atoms with Crippen LogP contribution in [0.25, 0.3) is 0 Å². The zero-order chi connectivity index (χ0) is 44.4. The number of ether oxygens (including phenoxy) is 4. The van der Waals surface area contributed by atoms with E-state index in [9.17, 15) is 24.1 Å². The molecule has 0 rings (SSSR count). The van der Waals surface area contributed by atoms with Crippen LogP contribution < -0.4 is 16.0 Å². The van der Waals surface area contributed by atoms with Crippen LogP contribution in [-0.4, -0.2) is 125 Å².